The van der Waals surface area contributed by atoms with Gasteiger partial charge in [-0.2, -0.15) is 0 Å². The van der Waals surface area contributed by atoms with Gasteiger partial charge in [0, 0.05) is 0 Å². The lowest BCUT2D eigenvalue weighted by Crippen LogP contribution is -2.16. The summed E-state index contributed by atoms with van der Waals surface area (Å²) in [5.41, 5.74) is 3.36. The monoisotopic (exact) mass is 380 g/mol. The first-order valence-corrected chi connectivity index (χ1v) is 9.30. The highest BCUT2D eigenvalue weighted by Gasteiger charge is 2.14. The number of aromatic hydroxyl groups is 1. The molecule has 0 spiro atoms. The maximum atomic E-state index is 10.6. The number of hydrogen-bond acceptors (Lipinski definition) is 4. The molecule has 0 aliphatic rings. The first-order chi connectivity index (χ1) is 13.5. The molecule has 148 valence electrons. The van der Waals surface area contributed by atoms with Crippen LogP contribution in [0.3, 0.4) is 0 Å². The lowest BCUT2D eigenvalue weighted by atomic mass is 9.96. The molecular formula is C24H28O4. The average molecular weight is 380 g/mol. The van der Waals surface area contributed by atoms with Gasteiger partial charge in [-0.25, -0.2) is 0 Å². The molecule has 3 N–H and O–H groups in total. The summed E-state index contributed by atoms with van der Waals surface area (Å²) in [5.74, 6) is 0.967. The smallest absolute Gasteiger partial charge is 0.119 e. The predicted octanol–water partition coefficient (Wildman–Crippen LogP) is 4.49. The van der Waals surface area contributed by atoms with E-state index in [9.17, 15) is 15.3 Å². The molecule has 2 aromatic carbocycles. The molecule has 0 heterocycles. The summed E-state index contributed by atoms with van der Waals surface area (Å²) >= 11 is 0. The molecule has 0 radical (unpaired) electrons. The van der Waals surface area contributed by atoms with Gasteiger partial charge >= 0.3 is 0 Å². The molecule has 2 aromatic rings. The van der Waals surface area contributed by atoms with Crippen LogP contribution in [0.5, 0.6) is 11.5 Å². The summed E-state index contributed by atoms with van der Waals surface area (Å²) in [6.45, 7) is 6.09. The molecule has 0 bridgehead atoms. The van der Waals surface area contributed by atoms with Crippen LogP contribution in [0.4, 0.5) is 0 Å². The van der Waals surface area contributed by atoms with E-state index in [1.54, 1.807) is 18.2 Å². The molecule has 0 saturated heterocycles. The zero-order valence-electron chi connectivity index (χ0n) is 16.2. The van der Waals surface area contributed by atoms with E-state index in [0.29, 0.717) is 24.0 Å². The normalized spacial score (nSPS) is 13.2. The molecule has 1 atom stereocenters. The summed E-state index contributed by atoms with van der Waals surface area (Å²) in [5, 5.41) is 29.3. The van der Waals surface area contributed by atoms with Crippen molar-refractivity contribution in [1.29, 1.82) is 0 Å². The number of aliphatic hydroxyl groups is 2. The maximum absolute atomic E-state index is 10.6. The van der Waals surface area contributed by atoms with Crippen LogP contribution in [0.15, 0.2) is 84.0 Å². The molecule has 4 nitrogen and oxygen atoms in total. The standard InChI is InChI=1S/C24H28O4/c1-18(16-20-9-11-21(26)12-10-20)8-13-24(27)23(14-15-25)19(2)17-28-22-6-4-3-5-7-22/h3-7,9-12,14,16,24-27H,2,8,13,15,17H2,1H3/b18-16+,23-14-. The molecule has 0 amide bonds. The molecule has 0 aliphatic heterocycles. The van der Waals surface area contributed by atoms with Crippen molar-refractivity contribution < 1.29 is 20.1 Å². The molecule has 0 aliphatic carbocycles. The molecule has 0 saturated carbocycles. The van der Waals surface area contributed by atoms with Gasteiger partial charge in [0.05, 0.1) is 12.7 Å². The first kappa shape index (κ1) is 21.5. The van der Waals surface area contributed by atoms with Crippen molar-refractivity contribution in [2.45, 2.75) is 25.9 Å². The maximum Gasteiger partial charge on any atom is 0.119 e. The van der Waals surface area contributed by atoms with Crippen LogP contribution in [-0.2, 0) is 0 Å². The van der Waals surface area contributed by atoms with Crippen molar-refractivity contribution in [1.82, 2.24) is 0 Å². The Labute approximate surface area is 166 Å². The lowest BCUT2D eigenvalue weighted by molar-refractivity contribution is 0.198. The fourth-order valence-corrected chi connectivity index (χ4v) is 2.83. The Balaban J connectivity index is 1.92. The Hall–Kier alpha value is -2.82. The van der Waals surface area contributed by atoms with Crippen LogP contribution in [0, 0.1) is 0 Å². The number of rotatable bonds is 10. The molecule has 0 aromatic heterocycles. The number of phenols is 1. The number of hydrogen-bond donors (Lipinski definition) is 3. The molecule has 1 unspecified atom stereocenters. The average Bonchev–Trinajstić information content (AvgIpc) is 2.71. The highest BCUT2D eigenvalue weighted by Crippen LogP contribution is 2.21. The van der Waals surface area contributed by atoms with Crippen molar-refractivity contribution in [3.05, 3.63) is 89.5 Å². The van der Waals surface area contributed by atoms with E-state index in [2.05, 4.69) is 6.58 Å². The van der Waals surface area contributed by atoms with Gasteiger partial charge in [0.15, 0.2) is 0 Å². The van der Waals surface area contributed by atoms with Crippen LogP contribution in [0.2, 0.25) is 0 Å². The third-order valence-electron chi connectivity index (χ3n) is 4.35. The van der Waals surface area contributed by atoms with E-state index in [-0.39, 0.29) is 19.0 Å². The van der Waals surface area contributed by atoms with E-state index in [0.717, 1.165) is 16.9 Å². The van der Waals surface area contributed by atoms with Gasteiger partial charge in [0.25, 0.3) is 0 Å². The Morgan fingerprint density at radius 1 is 1.11 bits per heavy atom. The van der Waals surface area contributed by atoms with E-state index in [1.165, 1.54) is 0 Å². The van der Waals surface area contributed by atoms with E-state index < -0.39 is 6.10 Å². The molecule has 4 heteroatoms. The highest BCUT2D eigenvalue weighted by atomic mass is 16.5. The number of allylic oxidation sites excluding steroid dienone is 1. The summed E-state index contributed by atoms with van der Waals surface area (Å²) in [4.78, 5) is 0. The summed E-state index contributed by atoms with van der Waals surface area (Å²) in [7, 11) is 0. The summed E-state index contributed by atoms with van der Waals surface area (Å²) in [6, 6.07) is 16.4. The molecule has 28 heavy (non-hydrogen) atoms. The minimum Gasteiger partial charge on any atom is -0.508 e. The van der Waals surface area contributed by atoms with Crippen molar-refractivity contribution in [3.63, 3.8) is 0 Å². The minimum absolute atomic E-state index is 0.168. The first-order valence-electron chi connectivity index (χ1n) is 9.30. The van der Waals surface area contributed by atoms with Gasteiger partial charge in [-0.05, 0) is 60.7 Å². The largest absolute Gasteiger partial charge is 0.508 e. The van der Waals surface area contributed by atoms with Crippen molar-refractivity contribution in [2.24, 2.45) is 0 Å². The van der Waals surface area contributed by atoms with Crippen molar-refractivity contribution in [2.75, 3.05) is 13.2 Å². The third-order valence-corrected chi connectivity index (χ3v) is 4.35. The van der Waals surface area contributed by atoms with Crippen LogP contribution >= 0.6 is 0 Å². The molecular weight excluding hydrogens is 352 g/mol. The van der Waals surface area contributed by atoms with Crippen LogP contribution in [-0.4, -0.2) is 34.6 Å². The molecule has 2 rings (SSSR count). The highest BCUT2D eigenvalue weighted by molar-refractivity contribution is 5.53. The van der Waals surface area contributed by atoms with Gasteiger partial charge < -0.3 is 20.1 Å². The fourth-order valence-electron chi connectivity index (χ4n) is 2.83. The van der Waals surface area contributed by atoms with Gasteiger partial charge in [-0.15, -0.1) is 0 Å². The third kappa shape index (κ3) is 7.06. The van der Waals surface area contributed by atoms with Gasteiger partial charge in [0.1, 0.15) is 18.1 Å². The predicted molar refractivity (Wildman–Crippen MR) is 113 cm³/mol. The number of ether oxygens (including phenoxy) is 1. The van der Waals surface area contributed by atoms with Gasteiger partial charge in [-0.1, -0.05) is 54.6 Å². The van der Waals surface area contributed by atoms with Crippen LogP contribution < -0.4 is 4.74 Å². The fraction of sp³-hybridized carbons (Fsp3) is 0.250. The van der Waals surface area contributed by atoms with Gasteiger partial charge in [0.2, 0.25) is 0 Å². The second kappa shape index (κ2) is 11.1. The van der Waals surface area contributed by atoms with E-state index in [1.807, 2.05) is 55.5 Å². The summed E-state index contributed by atoms with van der Waals surface area (Å²) in [6.07, 6.45) is 4.07. The number of aliphatic hydroxyl groups excluding tert-OH is 2. The minimum atomic E-state index is -0.734. The second-order valence-electron chi connectivity index (χ2n) is 6.68. The Morgan fingerprint density at radius 3 is 2.43 bits per heavy atom. The van der Waals surface area contributed by atoms with Crippen molar-refractivity contribution >= 4 is 6.08 Å². The Bertz CT molecular complexity index is 804. The lowest BCUT2D eigenvalue weighted by Gasteiger charge is -2.18. The Morgan fingerprint density at radius 2 is 1.79 bits per heavy atom. The summed E-state index contributed by atoms with van der Waals surface area (Å²) < 4.78 is 5.69. The molecule has 0 fully saturated rings. The number of para-hydroxylation sites is 1. The van der Waals surface area contributed by atoms with Crippen molar-refractivity contribution in [3.8, 4) is 11.5 Å². The van der Waals surface area contributed by atoms with Crippen LogP contribution in [0.1, 0.15) is 25.3 Å². The number of benzene rings is 2. The van der Waals surface area contributed by atoms with Gasteiger partial charge in [-0.3, -0.25) is 0 Å². The Kier molecular flexibility index (Phi) is 8.53. The van der Waals surface area contributed by atoms with E-state index in [4.69, 9.17) is 4.74 Å². The zero-order valence-corrected chi connectivity index (χ0v) is 16.2. The zero-order chi connectivity index (χ0) is 20.4. The SMILES string of the molecule is C=C(COc1ccccc1)/C(=C/CO)C(O)CC/C(C)=C/c1ccc(O)cc1. The second-order valence-corrected chi connectivity index (χ2v) is 6.68. The topological polar surface area (TPSA) is 69.9 Å². The van der Waals surface area contributed by atoms with E-state index >= 15 is 0 Å². The van der Waals surface area contributed by atoms with Crippen LogP contribution in [0.25, 0.3) is 6.08 Å². The quantitative estimate of drug-likeness (QED) is 0.531. The number of phenolic OH excluding ortho intramolecular Hbond substituents is 1.